The number of hydrogen-bond acceptors (Lipinski definition) is 5. The van der Waals surface area contributed by atoms with Crippen molar-refractivity contribution in [3.05, 3.63) is 70.8 Å². The molecule has 1 aliphatic heterocycles. The van der Waals surface area contributed by atoms with E-state index in [1.807, 2.05) is 23.1 Å². The van der Waals surface area contributed by atoms with Crippen LogP contribution < -0.4 is 0 Å². The van der Waals surface area contributed by atoms with Gasteiger partial charge in [0.2, 0.25) is 0 Å². The summed E-state index contributed by atoms with van der Waals surface area (Å²) < 4.78 is 13.3. The zero-order valence-electron chi connectivity index (χ0n) is 15.2. The van der Waals surface area contributed by atoms with Crippen LogP contribution in [-0.4, -0.2) is 49.6 Å². The number of H-pyrrole nitrogens is 1. The van der Waals surface area contributed by atoms with Gasteiger partial charge in [0.05, 0.1) is 0 Å². The fourth-order valence-corrected chi connectivity index (χ4v) is 3.65. The first-order valence-electron chi connectivity index (χ1n) is 9.19. The summed E-state index contributed by atoms with van der Waals surface area (Å²) in [5.41, 5.74) is 2.40. The number of piperidine rings is 1. The molecule has 2 aromatic carbocycles. The molecule has 3 aromatic rings. The van der Waals surface area contributed by atoms with Crippen molar-refractivity contribution in [2.45, 2.75) is 25.2 Å². The molecule has 2 N–H and O–H groups in total. The van der Waals surface area contributed by atoms with Crippen LogP contribution in [0.2, 0.25) is 0 Å². The van der Waals surface area contributed by atoms with Gasteiger partial charge in [-0.3, -0.25) is 4.79 Å². The molecule has 2 heterocycles. The Bertz CT molecular complexity index is 976. The van der Waals surface area contributed by atoms with Crippen molar-refractivity contribution in [1.82, 2.24) is 25.5 Å². The maximum Gasteiger partial charge on any atom is 0.253 e. The minimum absolute atomic E-state index is 0.0361. The van der Waals surface area contributed by atoms with E-state index in [0.29, 0.717) is 30.9 Å². The highest BCUT2D eigenvalue weighted by Crippen LogP contribution is 2.30. The van der Waals surface area contributed by atoms with Crippen molar-refractivity contribution in [1.29, 1.82) is 0 Å². The second-order valence-electron chi connectivity index (χ2n) is 7.01. The molecule has 1 unspecified atom stereocenters. The van der Waals surface area contributed by atoms with Crippen LogP contribution >= 0.6 is 0 Å². The van der Waals surface area contributed by atoms with Crippen molar-refractivity contribution in [3.8, 4) is 5.75 Å². The maximum absolute atomic E-state index is 13.3. The molecule has 1 aliphatic rings. The molecular formula is C20H20FN5O2. The van der Waals surface area contributed by atoms with Crippen LogP contribution in [0.4, 0.5) is 4.39 Å². The Labute approximate surface area is 161 Å². The molecule has 1 amide bonds. The number of nitrogens with zero attached hydrogens (tertiary/aromatic N) is 4. The summed E-state index contributed by atoms with van der Waals surface area (Å²) in [6.45, 7) is 1.22. The number of tetrazole rings is 1. The van der Waals surface area contributed by atoms with Gasteiger partial charge in [-0.15, -0.1) is 10.2 Å². The summed E-state index contributed by atoms with van der Waals surface area (Å²) in [6, 6.07) is 11.8. The second-order valence-corrected chi connectivity index (χ2v) is 7.01. The van der Waals surface area contributed by atoms with Gasteiger partial charge in [0, 0.05) is 31.0 Å². The fraction of sp³-hybridized carbons (Fsp3) is 0.300. The number of likely N-dealkylation sites (tertiary alicyclic amines) is 1. The van der Waals surface area contributed by atoms with Gasteiger partial charge in [0.1, 0.15) is 0 Å². The maximum atomic E-state index is 13.3. The Balaban J connectivity index is 1.49. The van der Waals surface area contributed by atoms with Crippen molar-refractivity contribution >= 4 is 5.91 Å². The van der Waals surface area contributed by atoms with Gasteiger partial charge in [-0.25, -0.2) is 4.39 Å². The first kappa shape index (κ1) is 18.1. The van der Waals surface area contributed by atoms with Crippen LogP contribution in [0.15, 0.2) is 42.5 Å². The number of phenols is 1. The minimum Gasteiger partial charge on any atom is -0.505 e. The number of hydrogen-bond donors (Lipinski definition) is 2. The molecule has 28 heavy (non-hydrogen) atoms. The average molecular weight is 381 g/mol. The number of aromatic nitrogens is 4. The highest BCUT2D eigenvalue weighted by molar-refractivity contribution is 5.94. The summed E-state index contributed by atoms with van der Waals surface area (Å²) in [4.78, 5) is 14.8. The van der Waals surface area contributed by atoms with Crippen LogP contribution in [0.25, 0.3) is 0 Å². The van der Waals surface area contributed by atoms with Gasteiger partial charge < -0.3 is 10.0 Å². The largest absolute Gasteiger partial charge is 0.505 e. The van der Waals surface area contributed by atoms with E-state index in [1.54, 1.807) is 12.1 Å². The molecule has 0 saturated carbocycles. The van der Waals surface area contributed by atoms with E-state index in [0.717, 1.165) is 24.0 Å². The standard InChI is InChI=1S/C20H20FN5O2/c21-17-7-6-14(11-18(17)27)16-5-2-8-26(12-16)20(28)15-4-1-3-13(9-15)10-19-22-24-25-23-19/h1,3-4,6-7,9,11,16,27H,2,5,8,10,12H2,(H,22,23,24,25). The van der Waals surface area contributed by atoms with Gasteiger partial charge in [-0.1, -0.05) is 23.4 Å². The number of carbonyl (C=O) groups excluding carboxylic acids is 1. The molecule has 1 atom stereocenters. The van der Waals surface area contributed by atoms with E-state index >= 15 is 0 Å². The molecule has 4 rings (SSSR count). The zero-order valence-corrected chi connectivity index (χ0v) is 15.2. The van der Waals surface area contributed by atoms with Crippen LogP contribution in [0.1, 0.15) is 46.1 Å². The van der Waals surface area contributed by atoms with Gasteiger partial charge in [0.15, 0.2) is 17.4 Å². The first-order valence-corrected chi connectivity index (χ1v) is 9.19. The molecule has 1 fully saturated rings. The highest BCUT2D eigenvalue weighted by Gasteiger charge is 2.26. The quantitative estimate of drug-likeness (QED) is 0.724. The molecule has 0 radical (unpaired) electrons. The minimum atomic E-state index is -0.633. The Hall–Kier alpha value is -3.29. The molecule has 1 aromatic heterocycles. The van der Waals surface area contributed by atoms with E-state index in [-0.39, 0.29) is 17.6 Å². The molecule has 7 nitrogen and oxygen atoms in total. The average Bonchev–Trinajstić information content (AvgIpc) is 3.23. The van der Waals surface area contributed by atoms with Crippen LogP contribution in [0.5, 0.6) is 5.75 Å². The van der Waals surface area contributed by atoms with E-state index < -0.39 is 5.82 Å². The van der Waals surface area contributed by atoms with Gasteiger partial charge >= 0.3 is 0 Å². The Morgan fingerprint density at radius 2 is 2.18 bits per heavy atom. The van der Waals surface area contributed by atoms with Gasteiger partial charge in [0.25, 0.3) is 5.91 Å². The van der Waals surface area contributed by atoms with Crippen molar-refractivity contribution in [2.24, 2.45) is 0 Å². The Morgan fingerprint density at radius 1 is 1.29 bits per heavy atom. The number of nitrogens with one attached hydrogen (secondary N) is 1. The molecular weight excluding hydrogens is 361 g/mol. The highest BCUT2D eigenvalue weighted by atomic mass is 19.1. The summed E-state index contributed by atoms with van der Waals surface area (Å²) in [5.74, 6) is -0.377. The summed E-state index contributed by atoms with van der Waals surface area (Å²) >= 11 is 0. The van der Waals surface area contributed by atoms with Crippen LogP contribution in [-0.2, 0) is 6.42 Å². The van der Waals surface area contributed by atoms with Gasteiger partial charge in [-0.2, -0.15) is 5.21 Å². The number of aromatic amines is 1. The number of amides is 1. The third-order valence-electron chi connectivity index (χ3n) is 5.08. The molecule has 0 spiro atoms. The topological polar surface area (TPSA) is 95.0 Å². The predicted octanol–water partition coefficient (Wildman–Crippen LogP) is 2.66. The molecule has 0 bridgehead atoms. The van der Waals surface area contributed by atoms with Crippen molar-refractivity contribution < 1.29 is 14.3 Å². The van der Waals surface area contributed by atoms with Crippen molar-refractivity contribution in [3.63, 3.8) is 0 Å². The number of benzene rings is 2. The lowest BCUT2D eigenvalue weighted by Crippen LogP contribution is -2.39. The fourth-order valence-electron chi connectivity index (χ4n) is 3.65. The summed E-state index contributed by atoms with van der Waals surface area (Å²) in [7, 11) is 0. The number of aromatic hydroxyl groups is 1. The lowest BCUT2D eigenvalue weighted by atomic mass is 9.90. The van der Waals surface area contributed by atoms with E-state index in [2.05, 4.69) is 20.6 Å². The van der Waals surface area contributed by atoms with Crippen LogP contribution in [0.3, 0.4) is 0 Å². The number of carbonyl (C=O) groups is 1. The van der Waals surface area contributed by atoms with E-state index in [9.17, 15) is 14.3 Å². The Kier molecular flexibility index (Phi) is 5.01. The number of halogens is 1. The third-order valence-corrected chi connectivity index (χ3v) is 5.08. The predicted molar refractivity (Wildman–Crippen MR) is 99.4 cm³/mol. The van der Waals surface area contributed by atoms with Crippen molar-refractivity contribution in [2.75, 3.05) is 13.1 Å². The molecule has 0 aliphatic carbocycles. The van der Waals surface area contributed by atoms with Gasteiger partial charge in [-0.05, 0) is 48.2 Å². The molecule has 144 valence electrons. The monoisotopic (exact) mass is 381 g/mol. The smallest absolute Gasteiger partial charge is 0.253 e. The SMILES string of the molecule is O=C(c1cccc(Cc2nn[nH]n2)c1)N1CCCC(c2ccc(F)c(O)c2)C1. The lowest BCUT2D eigenvalue weighted by molar-refractivity contribution is 0.0707. The zero-order chi connectivity index (χ0) is 19.5. The number of rotatable bonds is 4. The third kappa shape index (κ3) is 3.85. The summed E-state index contributed by atoms with van der Waals surface area (Å²) in [5, 5.41) is 23.5. The summed E-state index contributed by atoms with van der Waals surface area (Å²) in [6.07, 6.45) is 2.25. The molecule has 8 heteroatoms. The molecule has 1 saturated heterocycles. The van der Waals surface area contributed by atoms with E-state index in [4.69, 9.17) is 0 Å². The first-order chi connectivity index (χ1) is 13.6. The van der Waals surface area contributed by atoms with Crippen LogP contribution in [0, 0.1) is 5.82 Å². The second kappa shape index (κ2) is 7.75. The normalized spacial score (nSPS) is 16.9. The lowest BCUT2D eigenvalue weighted by Gasteiger charge is -2.33. The van der Waals surface area contributed by atoms with E-state index in [1.165, 1.54) is 12.1 Å². The Morgan fingerprint density at radius 3 is 2.96 bits per heavy atom. The number of phenolic OH excluding ortho intramolecular Hbond substituents is 1.